The molecule has 3 aromatic rings. The third kappa shape index (κ3) is 4.60. The van der Waals surface area contributed by atoms with Crippen LogP contribution in [0.1, 0.15) is 38.8 Å². The zero-order valence-electron chi connectivity index (χ0n) is 16.7. The molecule has 0 fully saturated rings. The van der Waals surface area contributed by atoms with Gasteiger partial charge in [-0.25, -0.2) is 9.78 Å². The molecule has 2 N–H and O–H groups in total. The highest BCUT2D eigenvalue weighted by Crippen LogP contribution is 2.23. The molecule has 2 aromatic carbocycles. The topological polar surface area (TPSA) is 80.3 Å². The highest BCUT2D eigenvalue weighted by molar-refractivity contribution is 6.05. The third-order valence-electron chi connectivity index (χ3n) is 4.60. The molecular weight excluding hydrogens is 366 g/mol. The molecule has 1 heterocycles. The quantitative estimate of drug-likeness (QED) is 0.596. The fraction of sp³-hybridized carbons (Fsp3) is 0.174. The van der Waals surface area contributed by atoms with E-state index in [9.17, 15) is 9.59 Å². The lowest BCUT2D eigenvalue weighted by molar-refractivity contribution is 0.0601. The van der Waals surface area contributed by atoms with Gasteiger partial charge in [-0.3, -0.25) is 4.79 Å². The van der Waals surface area contributed by atoms with E-state index in [0.717, 1.165) is 23.2 Å². The van der Waals surface area contributed by atoms with Gasteiger partial charge in [-0.15, -0.1) is 0 Å². The number of pyridine rings is 1. The number of aryl methyl sites for hydroxylation is 2. The molecule has 0 bridgehead atoms. The molecule has 0 unspecified atom stereocenters. The summed E-state index contributed by atoms with van der Waals surface area (Å²) in [5, 5.41) is 6.10. The van der Waals surface area contributed by atoms with Gasteiger partial charge in [0.05, 0.1) is 18.4 Å². The Morgan fingerprint density at radius 3 is 2.62 bits per heavy atom. The first-order chi connectivity index (χ1) is 14.0. The zero-order valence-corrected chi connectivity index (χ0v) is 16.7. The number of esters is 1. The molecule has 6 nitrogen and oxygen atoms in total. The number of rotatable bonds is 6. The summed E-state index contributed by atoms with van der Waals surface area (Å²) in [5.41, 5.74) is 4.33. The minimum Gasteiger partial charge on any atom is -0.465 e. The second-order valence-electron chi connectivity index (χ2n) is 6.51. The maximum Gasteiger partial charge on any atom is 0.339 e. The molecule has 0 radical (unpaired) electrons. The minimum absolute atomic E-state index is 0.222. The molecule has 6 heteroatoms. The van der Waals surface area contributed by atoms with Crippen molar-refractivity contribution in [3.63, 3.8) is 0 Å². The van der Waals surface area contributed by atoms with Crippen molar-refractivity contribution < 1.29 is 14.3 Å². The molecule has 29 heavy (non-hydrogen) atoms. The molecule has 0 aliphatic carbocycles. The van der Waals surface area contributed by atoms with Crippen LogP contribution in [0.3, 0.4) is 0 Å². The van der Waals surface area contributed by atoms with Crippen LogP contribution in [0.5, 0.6) is 0 Å². The van der Waals surface area contributed by atoms with Crippen molar-refractivity contribution in [1.82, 2.24) is 4.98 Å². The number of nitrogens with one attached hydrogen (secondary N) is 2. The molecule has 148 valence electrons. The van der Waals surface area contributed by atoms with E-state index in [-0.39, 0.29) is 5.91 Å². The van der Waals surface area contributed by atoms with Crippen LogP contribution in [-0.4, -0.2) is 24.0 Å². The summed E-state index contributed by atoms with van der Waals surface area (Å²) in [4.78, 5) is 29.0. The molecule has 0 aliphatic rings. The molecular formula is C23H23N3O3. The number of methoxy groups -OCH3 is 1. The molecule has 1 aromatic heterocycles. The lowest BCUT2D eigenvalue weighted by Crippen LogP contribution is -2.15. The lowest BCUT2D eigenvalue weighted by atomic mass is 10.1. The van der Waals surface area contributed by atoms with Crippen LogP contribution in [0.15, 0.2) is 60.8 Å². The van der Waals surface area contributed by atoms with Gasteiger partial charge in [0.2, 0.25) is 0 Å². The Labute approximate surface area is 169 Å². The van der Waals surface area contributed by atoms with Crippen LogP contribution in [0.4, 0.5) is 17.2 Å². The highest BCUT2D eigenvalue weighted by atomic mass is 16.5. The predicted octanol–water partition coefficient (Wildman–Crippen LogP) is 4.73. The van der Waals surface area contributed by atoms with Crippen LogP contribution >= 0.6 is 0 Å². The van der Waals surface area contributed by atoms with Crippen LogP contribution in [0, 0.1) is 6.92 Å². The van der Waals surface area contributed by atoms with Crippen molar-refractivity contribution in [2.45, 2.75) is 20.3 Å². The largest absolute Gasteiger partial charge is 0.465 e. The first-order valence-electron chi connectivity index (χ1n) is 9.33. The number of carbonyl (C=O) groups is 2. The van der Waals surface area contributed by atoms with Gasteiger partial charge < -0.3 is 15.4 Å². The predicted molar refractivity (Wildman–Crippen MR) is 114 cm³/mol. The fourth-order valence-corrected chi connectivity index (χ4v) is 3.05. The Balaban J connectivity index is 1.84. The standard InChI is InChI=1S/C23H23N3O3/c1-4-16-9-7-8-15(2)21(16)26-22(27)17-12-13-24-20(14-17)25-19-11-6-5-10-18(19)23(28)29-3/h5-14H,4H2,1-3H3,(H,24,25)(H,26,27). The molecule has 3 rings (SSSR count). The van der Waals surface area contributed by atoms with Crippen molar-refractivity contribution >= 4 is 29.1 Å². The van der Waals surface area contributed by atoms with Gasteiger partial charge in [-0.05, 0) is 48.7 Å². The van der Waals surface area contributed by atoms with Crippen LogP contribution in [-0.2, 0) is 11.2 Å². The average Bonchev–Trinajstić information content (AvgIpc) is 2.75. The average molecular weight is 389 g/mol. The van der Waals surface area contributed by atoms with Crippen molar-refractivity contribution in [3.05, 3.63) is 83.0 Å². The molecule has 0 aliphatic heterocycles. The summed E-state index contributed by atoms with van der Waals surface area (Å²) in [6, 6.07) is 16.2. The number of hydrogen-bond donors (Lipinski definition) is 2. The number of nitrogens with zero attached hydrogens (tertiary/aromatic N) is 1. The van der Waals surface area contributed by atoms with E-state index < -0.39 is 5.97 Å². The van der Waals surface area contributed by atoms with E-state index >= 15 is 0 Å². The van der Waals surface area contributed by atoms with E-state index in [1.54, 1.807) is 42.6 Å². The molecule has 1 amide bonds. The van der Waals surface area contributed by atoms with E-state index in [1.165, 1.54) is 7.11 Å². The number of ether oxygens (including phenoxy) is 1. The molecule has 0 atom stereocenters. The van der Waals surface area contributed by atoms with Gasteiger partial charge in [-0.2, -0.15) is 0 Å². The Morgan fingerprint density at radius 2 is 1.86 bits per heavy atom. The molecule has 0 saturated heterocycles. The number of benzene rings is 2. The zero-order chi connectivity index (χ0) is 20.8. The summed E-state index contributed by atoms with van der Waals surface area (Å²) in [7, 11) is 1.33. The van der Waals surface area contributed by atoms with Gasteiger partial charge in [0.1, 0.15) is 5.82 Å². The lowest BCUT2D eigenvalue weighted by Gasteiger charge is -2.14. The van der Waals surface area contributed by atoms with Gasteiger partial charge in [0.15, 0.2) is 0 Å². The second kappa shape index (κ2) is 9.01. The maximum atomic E-state index is 12.8. The number of aromatic nitrogens is 1. The van der Waals surface area contributed by atoms with Gasteiger partial charge in [-0.1, -0.05) is 37.3 Å². The molecule has 0 saturated carbocycles. The van der Waals surface area contributed by atoms with E-state index in [4.69, 9.17) is 4.74 Å². The van der Waals surface area contributed by atoms with Gasteiger partial charge in [0, 0.05) is 17.4 Å². The SMILES string of the molecule is CCc1cccc(C)c1NC(=O)c1ccnc(Nc2ccccc2C(=O)OC)c1. The number of carbonyl (C=O) groups excluding carboxylic acids is 2. The number of amides is 1. The summed E-state index contributed by atoms with van der Waals surface area (Å²) in [5.74, 6) is -0.219. The number of para-hydroxylation sites is 2. The summed E-state index contributed by atoms with van der Waals surface area (Å²) < 4.78 is 4.81. The van der Waals surface area contributed by atoms with Crippen LogP contribution < -0.4 is 10.6 Å². The Bertz CT molecular complexity index is 1050. The fourth-order valence-electron chi connectivity index (χ4n) is 3.05. The monoisotopic (exact) mass is 389 g/mol. The smallest absolute Gasteiger partial charge is 0.339 e. The van der Waals surface area contributed by atoms with E-state index in [0.29, 0.717) is 22.6 Å². The first kappa shape index (κ1) is 20.1. The van der Waals surface area contributed by atoms with Crippen LogP contribution in [0.2, 0.25) is 0 Å². The summed E-state index contributed by atoms with van der Waals surface area (Å²) >= 11 is 0. The highest BCUT2D eigenvalue weighted by Gasteiger charge is 2.14. The minimum atomic E-state index is -0.450. The van der Waals surface area contributed by atoms with Crippen molar-refractivity contribution in [1.29, 1.82) is 0 Å². The normalized spacial score (nSPS) is 10.3. The second-order valence-corrected chi connectivity index (χ2v) is 6.51. The van der Waals surface area contributed by atoms with Crippen molar-refractivity contribution in [2.75, 3.05) is 17.7 Å². The van der Waals surface area contributed by atoms with Crippen molar-refractivity contribution in [3.8, 4) is 0 Å². The Kier molecular flexibility index (Phi) is 6.24. The summed E-state index contributed by atoms with van der Waals surface area (Å²) in [6.07, 6.45) is 2.38. The Morgan fingerprint density at radius 1 is 1.07 bits per heavy atom. The first-order valence-corrected chi connectivity index (χ1v) is 9.33. The van der Waals surface area contributed by atoms with Gasteiger partial charge >= 0.3 is 5.97 Å². The van der Waals surface area contributed by atoms with Gasteiger partial charge in [0.25, 0.3) is 5.91 Å². The summed E-state index contributed by atoms with van der Waals surface area (Å²) in [6.45, 7) is 4.02. The van der Waals surface area contributed by atoms with Crippen LogP contribution in [0.25, 0.3) is 0 Å². The maximum absolute atomic E-state index is 12.8. The van der Waals surface area contributed by atoms with E-state index in [1.807, 2.05) is 25.1 Å². The van der Waals surface area contributed by atoms with Crippen molar-refractivity contribution in [2.24, 2.45) is 0 Å². The Hall–Kier alpha value is -3.67. The van der Waals surface area contributed by atoms with E-state index in [2.05, 4.69) is 22.5 Å². The number of hydrogen-bond acceptors (Lipinski definition) is 5. The third-order valence-corrected chi connectivity index (χ3v) is 4.60. The molecule has 0 spiro atoms. The number of anilines is 3.